The Bertz CT molecular complexity index is 746. The molecule has 3 rings (SSSR count). The SMILES string of the molecule is Cc1ccc(CNC[C@@]2(O)CCCN(Cc3ccc(F)cc3)C2=O)cc1. The van der Waals surface area contributed by atoms with Gasteiger partial charge in [-0.1, -0.05) is 42.0 Å². The van der Waals surface area contributed by atoms with Crippen LogP contribution in [0.5, 0.6) is 0 Å². The Labute approximate surface area is 153 Å². The number of aryl methyl sites for hydroxylation is 1. The lowest BCUT2D eigenvalue weighted by Gasteiger charge is -2.38. The van der Waals surface area contributed by atoms with Crippen LogP contribution in [0.25, 0.3) is 0 Å². The van der Waals surface area contributed by atoms with Crippen LogP contribution in [0.2, 0.25) is 0 Å². The molecule has 2 aromatic rings. The summed E-state index contributed by atoms with van der Waals surface area (Å²) in [6.45, 7) is 3.86. The smallest absolute Gasteiger partial charge is 0.256 e. The summed E-state index contributed by atoms with van der Waals surface area (Å²) in [4.78, 5) is 14.4. The van der Waals surface area contributed by atoms with Crippen LogP contribution in [0.15, 0.2) is 48.5 Å². The summed E-state index contributed by atoms with van der Waals surface area (Å²) in [5.41, 5.74) is 1.79. The summed E-state index contributed by atoms with van der Waals surface area (Å²) in [5, 5.41) is 14.0. The highest BCUT2D eigenvalue weighted by atomic mass is 19.1. The number of piperidine rings is 1. The third-order valence-corrected chi connectivity index (χ3v) is 4.86. The fraction of sp³-hybridized carbons (Fsp3) is 0.381. The Hall–Kier alpha value is -2.24. The number of amides is 1. The van der Waals surface area contributed by atoms with Crippen molar-refractivity contribution in [3.63, 3.8) is 0 Å². The Morgan fingerprint density at radius 1 is 1.12 bits per heavy atom. The quantitative estimate of drug-likeness (QED) is 0.837. The van der Waals surface area contributed by atoms with Crippen LogP contribution in [0, 0.1) is 12.7 Å². The van der Waals surface area contributed by atoms with Crippen molar-refractivity contribution in [2.75, 3.05) is 13.1 Å². The number of aliphatic hydroxyl groups is 1. The van der Waals surface area contributed by atoms with Crippen LogP contribution in [-0.2, 0) is 17.9 Å². The van der Waals surface area contributed by atoms with E-state index in [2.05, 4.69) is 5.32 Å². The first-order valence-corrected chi connectivity index (χ1v) is 8.99. The molecule has 0 radical (unpaired) electrons. The number of benzene rings is 2. The average Bonchev–Trinajstić information content (AvgIpc) is 2.63. The molecule has 1 amide bonds. The number of carbonyl (C=O) groups is 1. The molecule has 4 nitrogen and oxygen atoms in total. The van der Waals surface area contributed by atoms with E-state index in [0.717, 1.165) is 17.5 Å². The van der Waals surface area contributed by atoms with Crippen molar-refractivity contribution in [2.45, 2.75) is 38.5 Å². The predicted molar refractivity (Wildman–Crippen MR) is 98.9 cm³/mol. The van der Waals surface area contributed by atoms with Gasteiger partial charge in [0.25, 0.3) is 5.91 Å². The second kappa shape index (κ2) is 7.98. The summed E-state index contributed by atoms with van der Waals surface area (Å²) in [5.74, 6) is -0.556. The summed E-state index contributed by atoms with van der Waals surface area (Å²) in [6, 6.07) is 14.3. The van der Waals surface area contributed by atoms with Gasteiger partial charge in [-0.2, -0.15) is 0 Å². The van der Waals surface area contributed by atoms with E-state index in [9.17, 15) is 14.3 Å². The first kappa shape index (κ1) is 18.5. The monoisotopic (exact) mass is 356 g/mol. The second-order valence-electron chi connectivity index (χ2n) is 7.08. The molecule has 0 saturated carbocycles. The molecular weight excluding hydrogens is 331 g/mol. The van der Waals surface area contributed by atoms with Gasteiger partial charge in [0.1, 0.15) is 5.82 Å². The van der Waals surface area contributed by atoms with E-state index in [1.165, 1.54) is 17.7 Å². The van der Waals surface area contributed by atoms with Gasteiger partial charge >= 0.3 is 0 Å². The second-order valence-corrected chi connectivity index (χ2v) is 7.08. The molecular formula is C21H25FN2O2. The van der Waals surface area contributed by atoms with Crippen molar-refractivity contribution in [3.05, 3.63) is 71.0 Å². The number of nitrogens with zero attached hydrogens (tertiary/aromatic N) is 1. The topological polar surface area (TPSA) is 52.6 Å². The van der Waals surface area contributed by atoms with E-state index < -0.39 is 5.60 Å². The van der Waals surface area contributed by atoms with E-state index in [1.807, 2.05) is 31.2 Å². The zero-order valence-electron chi connectivity index (χ0n) is 15.0. The Morgan fingerprint density at radius 2 is 1.77 bits per heavy atom. The van der Waals surface area contributed by atoms with Gasteiger partial charge in [-0.05, 0) is 43.0 Å². The summed E-state index contributed by atoms with van der Waals surface area (Å²) in [6.07, 6.45) is 1.20. The molecule has 0 aliphatic carbocycles. The third kappa shape index (κ3) is 4.48. The van der Waals surface area contributed by atoms with E-state index in [1.54, 1.807) is 17.0 Å². The molecule has 1 saturated heterocycles. The minimum atomic E-state index is -1.39. The molecule has 0 spiro atoms. The molecule has 1 aliphatic rings. The molecule has 1 fully saturated rings. The maximum absolute atomic E-state index is 13.0. The third-order valence-electron chi connectivity index (χ3n) is 4.86. The molecule has 26 heavy (non-hydrogen) atoms. The minimum absolute atomic E-state index is 0.222. The maximum atomic E-state index is 13.0. The maximum Gasteiger partial charge on any atom is 0.256 e. The standard InChI is InChI=1S/C21H25FN2O2/c1-16-3-5-17(6-4-16)13-23-15-21(26)11-2-12-24(20(21)25)14-18-7-9-19(22)10-8-18/h3-10,23,26H,2,11-15H2,1H3/t21-/m0/s1. The fourth-order valence-corrected chi connectivity index (χ4v) is 3.31. The van der Waals surface area contributed by atoms with Crippen molar-refractivity contribution >= 4 is 5.91 Å². The lowest BCUT2D eigenvalue weighted by atomic mass is 9.91. The highest BCUT2D eigenvalue weighted by Crippen LogP contribution is 2.24. The highest BCUT2D eigenvalue weighted by molar-refractivity contribution is 5.86. The largest absolute Gasteiger partial charge is 0.379 e. The molecule has 1 atom stereocenters. The van der Waals surface area contributed by atoms with Crippen molar-refractivity contribution in [3.8, 4) is 0 Å². The number of rotatable bonds is 6. The van der Waals surface area contributed by atoms with Crippen LogP contribution in [0.3, 0.4) is 0 Å². The molecule has 1 aliphatic heterocycles. The van der Waals surface area contributed by atoms with Crippen LogP contribution < -0.4 is 5.32 Å². The summed E-state index contributed by atoms with van der Waals surface area (Å²) >= 11 is 0. The van der Waals surface area contributed by atoms with Crippen LogP contribution in [0.1, 0.15) is 29.5 Å². The van der Waals surface area contributed by atoms with Gasteiger partial charge < -0.3 is 15.3 Å². The number of halogens is 1. The van der Waals surface area contributed by atoms with E-state index in [4.69, 9.17) is 0 Å². The van der Waals surface area contributed by atoms with Crippen molar-refractivity contribution in [1.29, 1.82) is 0 Å². The Kier molecular flexibility index (Phi) is 5.69. The van der Waals surface area contributed by atoms with Gasteiger partial charge in [0.15, 0.2) is 5.60 Å². The van der Waals surface area contributed by atoms with Crippen LogP contribution in [0.4, 0.5) is 4.39 Å². The zero-order valence-corrected chi connectivity index (χ0v) is 15.0. The van der Waals surface area contributed by atoms with Gasteiger partial charge in [-0.15, -0.1) is 0 Å². The zero-order chi connectivity index (χ0) is 18.6. The molecule has 5 heteroatoms. The molecule has 0 bridgehead atoms. The first-order chi connectivity index (χ1) is 12.5. The summed E-state index contributed by atoms with van der Waals surface area (Å²) in [7, 11) is 0. The van der Waals surface area contributed by atoms with Crippen LogP contribution >= 0.6 is 0 Å². The van der Waals surface area contributed by atoms with Gasteiger partial charge in [0.05, 0.1) is 0 Å². The van der Waals surface area contributed by atoms with Gasteiger partial charge in [-0.25, -0.2) is 4.39 Å². The lowest BCUT2D eigenvalue weighted by molar-refractivity contribution is -0.157. The molecule has 2 aromatic carbocycles. The van der Waals surface area contributed by atoms with Crippen molar-refractivity contribution < 1.29 is 14.3 Å². The molecule has 1 heterocycles. The molecule has 0 unspecified atom stereocenters. The number of hydrogen-bond donors (Lipinski definition) is 2. The number of nitrogens with one attached hydrogen (secondary N) is 1. The fourth-order valence-electron chi connectivity index (χ4n) is 3.31. The average molecular weight is 356 g/mol. The molecule has 2 N–H and O–H groups in total. The summed E-state index contributed by atoms with van der Waals surface area (Å²) < 4.78 is 13.0. The van der Waals surface area contributed by atoms with Gasteiger partial charge in [0, 0.05) is 26.2 Å². The van der Waals surface area contributed by atoms with E-state index in [0.29, 0.717) is 26.1 Å². The lowest BCUT2D eigenvalue weighted by Crippen LogP contribution is -2.57. The number of likely N-dealkylation sites (tertiary alicyclic amines) is 1. The minimum Gasteiger partial charge on any atom is -0.379 e. The van der Waals surface area contributed by atoms with Gasteiger partial charge in [-0.3, -0.25) is 4.79 Å². The number of hydrogen-bond acceptors (Lipinski definition) is 3. The van der Waals surface area contributed by atoms with Gasteiger partial charge in [0.2, 0.25) is 0 Å². The Morgan fingerprint density at radius 3 is 2.46 bits per heavy atom. The number of carbonyl (C=O) groups excluding carboxylic acids is 1. The predicted octanol–water partition coefficient (Wildman–Crippen LogP) is 2.78. The highest BCUT2D eigenvalue weighted by Gasteiger charge is 2.41. The van der Waals surface area contributed by atoms with E-state index >= 15 is 0 Å². The Balaban J connectivity index is 1.58. The normalized spacial score (nSPS) is 20.4. The van der Waals surface area contributed by atoms with Crippen LogP contribution in [-0.4, -0.2) is 34.6 Å². The molecule has 138 valence electrons. The molecule has 0 aromatic heterocycles. The van der Waals surface area contributed by atoms with E-state index in [-0.39, 0.29) is 18.3 Å². The van der Waals surface area contributed by atoms with Crippen molar-refractivity contribution in [2.24, 2.45) is 0 Å². The first-order valence-electron chi connectivity index (χ1n) is 8.99. The van der Waals surface area contributed by atoms with Crippen molar-refractivity contribution in [1.82, 2.24) is 10.2 Å².